The maximum atomic E-state index is 11.1. The van der Waals surface area contributed by atoms with Crippen LogP contribution in [0.2, 0.25) is 0 Å². The van der Waals surface area contributed by atoms with Gasteiger partial charge in [-0.2, -0.15) is 0 Å². The smallest absolute Gasteiger partial charge is 0.310 e. The molecule has 1 aliphatic carbocycles. The molecule has 1 fully saturated rings. The standard InChI is InChI=1S/C17H21NO4/c1-22-13-3-2-11-8-12(14(11)9-13)4-6-18-7-5-16(19)15(10-18)17(20)21/h2-3,8-9,15-16,19H,4-7,10H2,1H3,(H,20,21). The van der Waals surface area contributed by atoms with Gasteiger partial charge < -0.3 is 19.8 Å². The third kappa shape index (κ3) is 2.87. The van der Waals surface area contributed by atoms with Crippen molar-refractivity contribution in [2.24, 2.45) is 5.92 Å². The molecule has 0 radical (unpaired) electrons. The van der Waals surface area contributed by atoms with Gasteiger partial charge in [-0.25, -0.2) is 0 Å². The molecule has 0 aromatic heterocycles. The zero-order valence-electron chi connectivity index (χ0n) is 12.7. The first-order valence-corrected chi connectivity index (χ1v) is 7.60. The predicted octanol–water partition coefficient (Wildman–Crippen LogP) is 1.71. The van der Waals surface area contributed by atoms with Gasteiger partial charge in [0.05, 0.1) is 19.1 Å². The molecule has 118 valence electrons. The average Bonchev–Trinajstić information content (AvgIpc) is 2.49. The molecule has 0 amide bonds. The Kier molecular flexibility index (Phi) is 4.18. The molecule has 3 rings (SSSR count). The molecule has 1 saturated heterocycles. The third-order valence-corrected chi connectivity index (χ3v) is 4.61. The molecule has 5 heteroatoms. The number of nitrogens with zero attached hydrogens (tertiary/aromatic N) is 1. The second-order valence-corrected chi connectivity index (χ2v) is 5.97. The molecule has 2 unspecified atom stereocenters. The summed E-state index contributed by atoms with van der Waals surface area (Å²) in [6, 6.07) is 6.05. The normalized spacial score (nSPS) is 24.2. The zero-order chi connectivity index (χ0) is 15.7. The molecule has 0 saturated carbocycles. The van der Waals surface area contributed by atoms with Gasteiger partial charge in [-0.1, -0.05) is 12.1 Å². The van der Waals surface area contributed by atoms with E-state index in [9.17, 15) is 9.90 Å². The van der Waals surface area contributed by atoms with Gasteiger partial charge >= 0.3 is 5.97 Å². The number of methoxy groups -OCH3 is 1. The fraction of sp³-hybridized carbons (Fsp3) is 0.471. The van der Waals surface area contributed by atoms with Crippen LogP contribution >= 0.6 is 0 Å². The van der Waals surface area contributed by atoms with E-state index in [0.29, 0.717) is 13.0 Å². The highest BCUT2D eigenvalue weighted by Crippen LogP contribution is 2.37. The molecule has 1 aliphatic heterocycles. The van der Waals surface area contributed by atoms with Gasteiger partial charge in [-0.05, 0) is 41.7 Å². The Hall–Kier alpha value is -1.85. The summed E-state index contributed by atoms with van der Waals surface area (Å²) in [7, 11) is 1.66. The van der Waals surface area contributed by atoms with Crippen molar-refractivity contribution < 1.29 is 19.7 Å². The first-order chi connectivity index (χ1) is 10.6. The Balaban J connectivity index is 1.56. The van der Waals surface area contributed by atoms with Crippen LogP contribution in [0.25, 0.3) is 11.6 Å². The number of aliphatic hydroxyl groups is 1. The number of carboxylic acids is 1. The Morgan fingerprint density at radius 1 is 1.45 bits per heavy atom. The number of carboxylic acid groups (broad SMARTS) is 1. The Morgan fingerprint density at radius 3 is 3.00 bits per heavy atom. The van der Waals surface area contributed by atoms with E-state index < -0.39 is 18.0 Å². The molecule has 22 heavy (non-hydrogen) atoms. The fourth-order valence-corrected chi connectivity index (χ4v) is 3.19. The molecule has 1 heterocycles. The highest BCUT2D eigenvalue weighted by Gasteiger charge is 2.33. The quantitative estimate of drug-likeness (QED) is 0.866. The lowest BCUT2D eigenvalue weighted by atomic mass is 9.86. The van der Waals surface area contributed by atoms with Crippen molar-refractivity contribution in [3.05, 3.63) is 29.3 Å². The van der Waals surface area contributed by atoms with E-state index in [4.69, 9.17) is 9.84 Å². The summed E-state index contributed by atoms with van der Waals surface area (Å²) < 4.78 is 5.25. The van der Waals surface area contributed by atoms with Gasteiger partial charge in [0.25, 0.3) is 0 Å². The largest absolute Gasteiger partial charge is 0.497 e. The van der Waals surface area contributed by atoms with Gasteiger partial charge in [0.2, 0.25) is 0 Å². The molecular formula is C17H21NO4. The minimum absolute atomic E-state index is 0.425. The highest BCUT2D eigenvalue weighted by molar-refractivity contribution is 5.95. The summed E-state index contributed by atoms with van der Waals surface area (Å²) in [4.78, 5) is 13.3. The monoisotopic (exact) mass is 303 g/mol. The van der Waals surface area contributed by atoms with Crippen LogP contribution in [0, 0.1) is 5.92 Å². The number of benzene rings is 1. The topological polar surface area (TPSA) is 70.0 Å². The van der Waals surface area contributed by atoms with Crippen LogP contribution in [0.1, 0.15) is 24.0 Å². The number of aliphatic hydroxyl groups excluding tert-OH is 1. The number of carbonyl (C=O) groups is 1. The number of ether oxygens (including phenoxy) is 1. The molecule has 1 aromatic carbocycles. The lowest BCUT2D eigenvalue weighted by Gasteiger charge is -2.34. The van der Waals surface area contributed by atoms with Crippen molar-refractivity contribution >= 4 is 17.6 Å². The molecule has 0 spiro atoms. The highest BCUT2D eigenvalue weighted by atomic mass is 16.5. The van der Waals surface area contributed by atoms with Crippen LogP contribution in [0.4, 0.5) is 0 Å². The number of likely N-dealkylation sites (tertiary alicyclic amines) is 1. The van der Waals surface area contributed by atoms with E-state index in [2.05, 4.69) is 17.0 Å². The van der Waals surface area contributed by atoms with Crippen LogP contribution in [-0.2, 0) is 4.79 Å². The number of fused-ring (bicyclic) bond motifs is 1. The summed E-state index contributed by atoms with van der Waals surface area (Å²) in [5.41, 5.74) is 3.74. The number of hydrogen-bond acceptors (Lipinski definition) is 4. The van der Waals surface area contributed by atoms with Crippen molar-refractivity contribution in [2.75, 3.05) is 26.7 Å². The number of piperidine rings is 1. The Labute approximate surface area is 129 Å². The second kappa shape index (κ2) is 6.10. The zero-order valence-corrected chi connectivity index (χ0v) is 12.7. The number of aliphatic carboxylic acids is 1. The number of hydrogen-bond donors (Lipinski definition) is 2. The van der Waals surface area contributed by atoms with Crippen LogP contribution in [0.5, 0.6) is 5.75 Å². The van der Waals surface area contributed by atoms with E-state index in [1.165, 1.54) is 16.7 Å². The summed E-state index contributed by atoms with van der Waals surface area (Å²) in [6.07, 6.45) is 2.87. The lowest BCUT2D eigenvalue weighted by molar-refractivity contribution is -0.148. The molecule has 2 atom stereocenters. The third-order valence-electron chi connectivity index (χ3n) is 4.61. The van der Waals surface area contributed by atoms with Gasteiger partial charge in [-0.15, -0.1) is 0 Å². The van der Waals surface area contributed by atoms with Crippen LogP contribution in [0.15, 0.2) is 18.2 Å². The first kappa shape index (κ1) is 15.1. The summed E-state index contributed by atoms with van der Waals surface area (Å²) in [5, 5.41) is 18.9. The van der Waals surface area contributed by atoms with Crippen molar-refractivity contribution in [1.29, 1.82) is 0 Å². The van der Waals surface area contributed by atoms with Crippen molar-refractivity contribution in [3.8, 4) is 5.75 Å². The molecule has 1 aromatic rings. The Morgan fingerprint density at radius 2 is 2.27 bits per heavy atom. The summed E-state index contributed by atoms with van der Waals surface area (Å²) in [5.74, 6) is -0.719. The van der Waals surface area contributed by atoms with Crippen LogP contribution in [-0.4, -0.2) is 53.9 Å². The van der Waals surface area contributed by atoms with Crippen molar-refractivity contribution in [1.82, 2.24) is 4.90 Å². The maximum Gasteiger partial charge on any atom is 0.310 e. The van der Waals surface area contributed by atoms with Crippen LogP contribution < -0.4 is 4.74 Å². The first-order valence-electron chi connectivity index (χ1n) is 7.60. The Bertz CT molecular complexity index is 611. The maximum absolute atomic E-state index is 11.1. The summed E-state index contributed by atoms with van der Waals surface area (Å²) >= 11 is 0. The predicted molar refractivity (Wildman–Crippen MR) is 83.7 cm³/mol. The molecule has 2 N–H and O–H groups in total. The van der Waals surface area contributed by atoms with Crippen LogP contribution in [0.3, 0.4) is 0 Å². The summed E-state index contributed by atoms with van der Waals surface area (Å²) in [6.45, 7) is 2.00. The van der Waals surface area contributed by atoms with E-state index in [1.54, 1.807) is 7.11 Å². The van der Waals surface area contributed by atoms with Crippen molar-refractivity contribution in [2.45, 2.75) is 18.9 Å². The number of rotatable bonds is 5. The van der Waals surface area contributed by atoms with Gasteiger partial charge in [0, 0.05) is 19.6 Å². The molecule has 2 aliphatic rings. The average molecular weight is 303 g/mol. The van der Waals surface area contributed by atoms with E-state index >= 15 is 0 Å². The van der Waals surface area contributed by atoms with E-state index in [0.717, 1.165) is 25.3 Å². The van der Waals surface area contributed by atoms with Crippen molar-refractivity contribution in [3.63, 3.8) is 0 Å². The lowest BCUT2D eigenvalue weighted by Crippen LogP contribution is -2.46. The van der Waals surface area contributed by atoms with E-state index in [1.807, 2.05) is 12.1 Å². The minimum Gasteiger partial charge on any atom is -0.497 e. The molecular weight excluding hydrogens is 282 g/mol. The fourth-order valence-electron chi connectivity index (χ4n) is 3.19. The molecule has 0 bridgehead atoms. The molecule has 5 nitrogen and oxygen atoms in total. The van der Waals surface area contributed by atoms with Gasteiger partial charge in [-0.3, -0.25) is 4.79 Å². The minimum atomic E-state index is -0.907. The van der Waals surface area contributed by atoms with Gasteiger partial charge in [0.15, 0.2) is 0 Å². The SMILES string of the molecule is COc1ccc2c(c1)C(CCN1CCC(O)C(C(=O)O)C1)=C2. The van der Waals surface area contributed by atoms with E-state index in [-0.39, 0.29) is 0 Å². The van der Waals surface area contributed by atoms with Gasteiger partial charge in [0.1, 0.15) is 5.75 Å². The second-order valence-electron chi connectivity index (χ2n) is 5.97.